The zero-order valence-electron chi connectivity index (χ0n) is 13.0. The summed E-state index contributed by atoms with van der Waals surface area (Å²) in [7, 11) is 1.60. The molecule has 2 N–H and O–H groups in total. The lowest BCUT2D eigenvalue weighted by Gasteiger charge is -2.34. The molecule has 21 heavy (non-hydrogen) atoms. The lowest BCUT2D eigenvalue weighted by atomic mass is 10.0. The number of hydrogen-bond acceptors (Lipinski definition) is 3. The maximum Gasteiger partial charge on any atom is 0.256 e. The van der Waals surface area contributed by atoms with Gasteiger partial charge in [-0.25, -0.2) is 0 Å². The Balaban J connectivity index is 2.18. The molecule has 1 aliphatic carbocycles. The summed E-state index contributed by atoms with van der Waals surface area (Å²) in [6.07, 6.45) is 2.80. The first-order chi connectivity index (χ1) is 10.2. The topological polar surface area (TPSA) is 55.6 Å². The van der Waals surface area contributed by atoms with Gasteiger partial charge in [-0.15, -0.1) is 0 Å². The minimum atomic E-state index is -0.523. The molecule has 0 bridgehead atoms. The van der Waals surface area contributed by atoms with Crippen LogP contribution in [0.1, 0.15) is 37.9 Å². The molecule has 0 radical (unpaired) electrons. The zero-order chi connectivity index (χ0) is 15.2. The third-order valence-corrected chi connectivity index (χ3v) is 4.51. The summed E-state index contributed by atoms with van der Waals surface area (Å²) < 4.78 is 5.49. The Hall–Kier alpha value is -1.39. The van der Waals surface area contributed by atoms with Crippen LogP contribution in [0.5, 0.6) is 0 Å². The molecule has 3 atom stereocenters. The van der Waals surface area contributed by atoms with Crippen molar-refractivity contribution in [3.8, 4) is 0 Å². The van der Waals surface area contributed by atoms with Crippen LogP contribution in [0.25, 0.3) is 0 Å². The highest BCUT2D eigenvalue weighted by Gasteiger charge is 2.36. The Morgan fingerprint density at radius 1 is 1.38 bits per heavy atom. The second kappa shape index (κ2) is 7.57. The first kappa shape index (κ1) is 16.0. The van der Waals surface area contributed by atoms with Crippen molar-refractivity contribution in [2.24, 2.45) is 11.7 Å². The average molecular weight is 290 g/mol. The fraction of sp³-hybridized carbons (Fsp3) is 0.588. The van der Waals surface area contributed by atoms with Crippen molar-refractivity contribution in [1.29, 1.82) is 0 Å². The van der Waals surface area contributed by atoms with E-state index in [0.29, 0.717) is 19.0 Å². The van der Waals surface area contributed by atoms with Crippen LogP contribution in [-0.2, 0) is 9.53 Å². The number of likely N-dealkylation sites (N-methyl/N-ethyl adjacent to an activating group) is 1. The number of rotatable bonds is 6. The summed E-state index contributed by atoms with van der Waals surface area (Å²) in [5.74, 6) is 0.471. The molecule has 0 heterocycles. The Kier molecular flexibility index (Phi) is 5.76. The van der Waals surface area contributed by atoms with Gasteiger partial charge in [-0.05, 0) is 37.8 Å². The summed E-state index contributed by atoms with van der Waals surface area (Å²) in [6.45, 7) is 3.38. The first-order valence-corrected chi connectivity index (χ1v) is 7.81. The zero-order valence-corrected chi connectivity index (χ0v) is 13.0. The molecule has 0 aliphatic heterocycles. The van der Waals surface area contributed by atoms with Gasteiger partial charge in [0.05, 0.1) is 0 Å². The van der Waals surface area contributed by atoms with Crippen LogP contribution in [0, 0.1) is 5.92 Å². The van der Waals surface area contributed by atoms with Crippen molar-refractivity contribution >= 4 is 5.91 Å². The molecule has 1 fully saturated rings. The largest absolute Gasteiger partial charge is 0.367 e. The average Bonchev–Trinajstić information content (AvgIpc) is 2.98. The molecular weight excluding hydrogens is 264 g/mol. The molecule has 2 rings (SSSR count). The normalized spacial score (nSPS) is 23.0. The van der Waals surface area contributed by atoms with Crippen LogP contribution in [0.2, 0.25) is 0 Å². The number of methoxy groups -OCH3 is 1. The van der Waals surface area contributed by atoms with Crippen molar-refractivity contribution in [1.82, 2.24) is 4.90 Å². The third-order valence-electron chi connectivity index (χ3n) is 4.51. The van der Waals surface area contributed by atoms with Crippen LogP contribution in [0.15, 0.2) is 30.3 Å². The molecule has 1 saturated carbocycles. The lowest BCUT2D eigenvalue weighted by molar-refractivity contribution is -0.145. The number of amides is 1. The highest BCUT2D eigenvalue weighted by atomic mass is 16.5. The van der Waals surface area contributed by atoms with Gasteiger partial charge in [0.2, 0.25) is 0 Å². The lowest BCUT2D eigenvalue weighted by Crippen LogP contribution is -2.46. The third kappa shape index (κ3) is 3.44. The van der Waals surface area contributed by atoms with Crippen molar-refractivity contribution in [2.45, 2.75) is 38.3 Å². The van der Waals surface area contributed by atoms with Gasteiger partial charge in [0.1, 0.15) is 0 Å². The Bertz CT molecular complexity index is 449. The summed E-state index contributed by atoms with van der Waals surface area (Å²) in [5.41, 5.74) is 6.78. The summed E-state index contributed by atoms with van der Waals surface area (Å²) in [6, 6.07) is 9.95. The van der Waals surface area contributed by atoms with Gasteiger partial charge >= 0.3 is 0 Å². The van der Waals surface area contributed by atoms with E-state index in [1.165, 1.54) is 0 Å². The van der Waals surface area contributed by atoms with E-state index in [2.05, 4.69) is 0 Å². The van der Waals surface area contributed by atoms with Crippen LogP contribution < -0.4 is 5.73 Å². The van der Waals surface area contributed by atoms with E-state index in [-0.39, 0.29) is 11.9 Å². The Morgan fingerprint density at radius 2 is 2.10 bits per heavy atom. The fourth-order valence-electron chi connectivity index (χ4n) is 3.41. The highest BCUT2D eigenvalue weighted by molar-refractivity contribution is 5.82. The summed E-state index contributed by atoms with van der Waals surface area (Å²) >= 11 is 0. The number of ether oxygens (including phenoxy) is 1. The molecule has 4 nitrogen and oxygen atoms in total. The number of nitrogens with zero attached hydrogens (tertiary/aromatic N) is 1. The van der Waals surface area contributed by atoms with E-state index in [9.17, 15) is 4.79 Å². The van der Waals surface area contributed by atoms with Gasteiger partial charge in [0, 0.05) is 19.7 Å². The Morgan fingerprint density at radius 3 is 2.67 bits per heavy atom. The SMILES string of the molecule is CCN(C(=O)C(OC)c1ccccc1)C1CCCC1CN. The highest BCUT2D eigenvalue weighted by Crippen LogP contribution is 2.31. The van der Waals surface area contributed by atoms with E-state index in [0.717, 1.165) is 24.8 Å². The maximum absolute atomic E-state index is 12.9. The van der Waals surface area contributed by atoms with E-state index in [1.807, 2.05) is 42.2 Å². The molecule has 116 valence electrons. The molecule has 0 aromatic heterocycles. The monoisotopic (exact) mass is 290 g/mol. The van der Waals surface area contributed by atoms with Crippen molar-refractivity contribution in [3.05, 3.63) is 35.9 Å². The molecule has 3 unspecified atom stereocenters. The van der Waals surface area contributed by atoms with E-state index >= 15 is 0 Å². The fourth-order valence-corrected chi connectivity index (χ4v) is 3.41. The number of nitrogens with two attached hydrogens (primary N) is 1. The van der Waals surface area contributed by atoms with Gasteiger partial charge in [-0.1, -0.05) is 36.8 Å². The van der Waals surface area contributed by atoms with Crippen molar-refractivity contribution in [2.75, 3.05) is 20.2 Å². The van der Waals surface area contributed by atoms with Crippen LogP contribution in [-0.4, -0.2) is 37.0 Å². The molecule has 4 heteroatoms. The summed E-state index contributed by atoms with van der Waals surface area (Å²) in [4.78, 5) is 14.9. The quantitative estimate of drug-likeness (QED) is 0.875. The van der Waals surface area contributed by atoms with Gasteiger partial charge in [0.15, 0.2) is 6.10 Å². The van der Waals surface area contributed by atoms with E-state index in [1.54, 1.807) is 7.11 Å². The number of benzene rings is 1. The summed E-state index contributed by atoms with van der Waals surface area (Å²) in [5, 5.41) is 0. The molecule has 0 saturated heterocycles. The number of hydrogen-bond donors (Lipinski definition) is 1. The van der Waals surface area contributed by atoms with Crippen LogP contribution in [0.4, 0.5) is 0 Å². The standard InChI is InChI=1S/C17H26N2O2/c1-3-19(15-11-7-10-14(15)12-18)17(20)16(21-2)13-8-5-4-6-9-13/h4-6,8-9,14-16H,3,7,10-12,18H2,1-2H3. The predicted molar refractivity (Wildman–Crippen MR) is 83.8 cm³/mol. The van der Waals surface area contributed by atoms with Crippen LogP contribution in [0.3, 0.4) is 0 Å². The van der Waals surface area contributed by atoms with Gasteiger partial charge in [-0.3, -0.25) is 4.79 Å². The van der Waals surface area contributed by atoms with E-state index in [4.69, 9.17) is 10.5 Å². The predicted octanol–water partition coefficient (Wildman–Crippen LogP) is 2.35. The molecule has 1 aromatic rings. The Labute approximate surface area is 127 Å². The minimum Gasteiger partial charge on any atom is -0.367 e. The number of carbonyl (C=O) groups is 1. The molecule has 1 amide bonds. The molecule has 1 aromatic carbocycles. The second-order valence-corrected chi connectivity index (χ2v) is 5.64. The van der Waals surface area contributed by atoms with Gasteiger partial charge in [0.25, 0.3) is 5.91 Å². The number of carbonyl (C=O) groups excluding carboxylic acids is 1. The van der Waals surface area contributed by atoms with Gasteiger partial charge < -0.3 is 15.4 Å². The van der Waals surface area contributed by atoms with Crippen LogP contribution >= 0.6 is 0 Å². The molecule has 1 aliphatic rings. The molecular formula is C17H26N2O2. The second-order valence-electron chi connectivity index (χ2n) is 5.64. The van der Waals surface area contributed by atoms with Gasteiger partial charge in [-0.2, -0.15) is 0 Å². The smallest absolute Gasteiger partial charge is 0.256 e. The van der Waals surface area contributed by atoms with E-state index < -0.39 is 6.10 Å². The van der Waals surface area contributed by atoms with Crippen molar-refractivity contribution < 1.29 is 9.53 Å². The molecule has 0 spiro atoms. The minimum absolute atomic E-state index is 0.0524. The van der Waals surface area contributed by atoms with Crippen molar-refractivity contribution in [3.63, 3.8) is 0 Å². The first-order valence-electron chi connectivity index (χ1n) is 7.81. The maximum atomic E-state index is 12.9.